The van der Waals surface area contributed by atoms with E-state index in [1.54, 1.807) is 7.11 Å². The van der Waals surface area contributed by atoms with E-state index in [0.717, 1.165) is 17.7 Å². The summed E-state index contributed by atoms with van der Waals surface area (Å²) in [7, 11) is 1.67. The van der Waals surface area contributed by atoms with Gasteiger partial charge in [-0.05, 0) is 29.7 Å². The maximum atomic E-state index is 5.83. The molecule has 6 nitrogen and oxygen atoms in total. The molecule has 2 atom stereocenters. The van der Waals surface area contributed by atoms with Gasteiger partial charge >= 0.3 is 0 Å². The second kappa shape index (κ2) is 5.88. The van der Waals surface area contributed by atoms with E-state index in [9.17, 15) is 0 Å². The van der Waals surface area contributed by atoms with E-state index < -0.39 is 0 Å². The molecule has 3 aromatic rings. The summed E-state index contributed by atoms with van der Waals surface area (Å²) in [5.74, 6) is 1.82. The molecule has 2 aromatic carbocycles. The zero-order valence-electron chi connectivity index (χ0n) is 13.4. The molecule has 1 aliphatic heterocycles. The first-order valence-corrected chi connectivity index (χ1v) is 7.92. The Hall–Kier alpha value is -3.02. The predicted molar refractivity (Wildman–Crippen MR) is 93.0 cm³/mol. The van der Waals surface area contributed by atoms with E-state index in [2.05, 4.69) is 39.7 Å². The predicted octanol–water partition coefficient (Wildman–Crippen LogP) is 3.02. The van der Waals surface area contributed by atoms with Crippen LogP contribution in [0.25, 0.3) is 0 Å². The van der Waals surface area contributed by atoms with Crippen LogP contribution in [0.5, 0.6) is 5.75 Å². The lowest BCUT2D eigenvalue weighted by Gasteiger charge is -2.31. The highest BCUT2D eigenvalue weighted by Gasteiger charge is 2.30. The minimum absolute atomic E-state index is 0.0714. The van der Waals surface area contributed by atoms with Gasteiger partial charge in [0.25, 0.3) is 0 Å². The number of nitrogens with two attached hydrogens (primary N) is 1. The molecule has 0 fully saturated rings. The molecular formula is C18H19N5O. The Morgan fingerprint density at radius 1 is 1.08 bits per heavy atom. The second-order valence-electron chi connectivity index (χ2n) is 5.87. The SMILES string of the molecule is COc1ccc([C@@H]2C[C@@H](c3ccccc3)Nc3nc(N)nn32)cc1. The van der Waals surface area contributed by atoms with Gasteiger partial charge in [-0.3, -0.25) is 0 Å². The molecule has 0 saturated heterocycles. The molecular weight excluding hydrogens is 302 g/mol. The molecule has 24 heavy (non-hydrogen) atoms. The van der Waals surface area contributed by atoms with Gasteiger partial charge < -0.3 is 15.8 Å². The summed E-state index contributed by atoms with van der Waals surface area (Å²) in [6.45, 7) is 0. The fraction of sp³-hybridized carbons (Fsp3) is 0.222. The lowest BCUT2D eigenvalue weighted by molar-refractivity contribution is 0.411. The number of hydrogen-bond acceptors (Lipinski definition) is 5. The lowest BCUT2D eigenvalue weighted by Crippen LogP contribution is -2.28. The number of fused-ring (bicyclic) bond motifs is 1. The van der Waals surface area contributed by atoms with Crippen molar-refractivity contribution < 1.29 is 4.74 Å². The van der Waals surface area contributed by atoms with Gasteiger partial charge in [-0.1, -0.05) is 42.5 Å². The van der Waals surface area contributed by atoms with Crippen molar-refractivity contribution in [1.82, 2.24) is 14.8 Å². The third kappa shape index (κ3) is 2.56. The normalized spacial score (nSPS) is 19.4. The van der Waals surface area contributed by atoms with E-state index in [-0.39, 0.29) is 18.0 Å². The van der Waals surface area contributed by atoms with Gasteiger partial charge in [-0.25, -0.2) is 4.68 Å². The van der Waals surface area contributed by atoms with Gasteiger partial charge in [0.1, 0.15) is 5.75 Å². The van der Waals surface area contributed by atoms with Gasteiger partial charge in [-0.2, -0.15) is 4.98 Å². The van der Waals surface area contributed by atoms with Crippen molar-refractivity contribution in [3.8, 4) is 5.75 Å². The molecule has 0 bridgehead atoms. The van der Waals surface area contributed by atoms with E-state index >= 15 is 0 Å². The summed E-state index contributed by atoms with van der Waals surface area (Å²) in [5.41, 5.74) is 8.21. The number of methoxy groups -OCH3 is 1. The minimum Gasteiger partial charge on any atom is -0.497 e. The van der Waals surface area contributed by atoms with Gasteiger partial charge in [0.15, 0.2) is 0 Å². The van der Waals surface area contributed by atoms with Crippen LogP contribution in [-0.4, -0.2) is 21.9 Å². The van der Waals surface area contributed by atoms with Crippen LogP contribution in [0.1, 0.15) is 29.6 Å². The zero-order valence-corrected chi connectivity index (χ0v) is 13.4. The molecule has 0 amide bonds. The number of anilines is 2. The largest absolute Gasteiger partial charge is 0.497 e. The van der Waals surface area contributed by atoms with Crippen LogP contribution in [0.2, 0.25) is 0 Å². The van der Waals surface area contributed by atoms with E-state index in [4.69, 9.17) is 10.5 Å². The highest BCUT2D eigenvalue weighted by molar-refractivity contribution is 5.42. The third-order valence-electron chi connectivity index (χ3n) is 4.41. The van der Waals surface area contributed by atoms with Crippen molar-refractivity contribution in [2.75, 3.05) is 18.2 Å². The highest BCUT2D eigenvalue weighted by atomic mass is 16.5. The molecule has 4 rings (SSSR count). The van der Waals surface area contributed by atoms with Crippen molar-refractivity contribution >= 4 is 11.9 Å². The zero-order chi connectivity index (χ0) is 16.5. The standard InChI is InChI=1S/C18H19N5O/c1-24-14-9-7-13(8-10-14)16-11-15(12-5-3-2-4-6-12)20-18-21-17(19)22-23(16)18/h2-10,15-16H,11H2,1H3,(H3,19,20,21,22)/t15-,16-/m0/s1. The van der Waals surface area contributed by atoms with E-state index in [0.29, 0.717) is 5.95 Å². The average molecular weight is 321 g/mol. The van der Waals surface area contributed by atoms with Crippen LogP contribution in [-0.2, 0) is 0 Å². The summed E-state index contributed by atoms with van der Waals surface area (Å²) in [4.78, 5) is 4.33. The molecule has 0 unspecified atom stereocenters. The molecule has 2 heterocycles. The third-order valence-corrected chi connectivity index (χ3v) is 4.41. The monoisotopic (exact) mass is 321 g/mol. The lowest BCUT2D eigenvalue weighted by atomic mass is 9.93. The van der Waals surface area contributed by atoms with Gasteiger partial charge in [0.2, 0.25) is 11.9 Å². The Kier molecular flexibility index (Phi) is 3.57. The molecule has 0 saturated carbocycles. The summed E-state index contributed by atoms with van der Waals surface area (Å²) in [6.07, 6.45) is 0.867. The Morgan fingerprint density at radius 3 is 2.54 bits per heavy atom. The Bertz CT molecular complexity index is 828. The topological polar surface area (TPSA) is 78.0 Å². The number of nitrogens with zero attached hydrogens (tertiary/aromatic N) is 3. The molecule has 1 aromatic heterocycles. The number of nitrogens with one attached hydrogen (secondary N) is 1. The Labute approximate surface area is 140 Å². The minimum atomic E-state index is 0.0714. The number of benzene rings is 2. The number of aromatic nitrogens is 3. The number of ether oxygens (including phenoxy) is 1. The van der Waals surface area contributed by atoms with Crippen LogP contribution in [0.15, 0.2) is 54.6 Å². The van der Waals surface area contributed by atoms with Gasteiger partial charge in [0.05, 0.1) is 19.2 Å². The highest BCUT2D eigenvalue weighted by Crippen LogP contribution is 2.38. The van der Waals surface area contributed by atoms with Crippen molar-refractivity contribution in [2.45, 2.75) is 18.5 Å². The molecule has 3 N–H and O–H groups in total. The second-order valence-corrected chi connectivity index (χ2v) is 5.87. The maximum Gasteiger partial charge on any atom is 0.241 e. The quantitative estimate of drug-likeness (QED) is 0.775. The molecule has 0 radical (unpaired) electrons. The fourth-order valence-electron chi connectivity index (χ4n) is 3.20. The van der Waals surface area contributed by atoms with Crippen LogP contribution in [0.4, 0.5) is 11.9 Å². The molecule has 1 aliphatic rings. The van der Waals surface area contributed by atoms with Gasteiger partial charge in [-0.15, -0.1) is 5.10 Å². The first-order chi connectivity index (χ1) is 11.7. The van der Waals surface area contributed by atoms with E-state index in [1.165, 1.54) is 5.56 Å². The van der Waals surface area contributed by atoms with Crippen LogP contribution in [0, 0.1) is 0 Å². The number of hydrogen-bond donors (Lipinski definition) is 2. The summed E-state index contributed by atoms with van der Waals surface area (Å²) in [5, 5.41) is 7.81. The first-order valence-electron chi connectivity index (χ1n) is 7.92. The van der Waals surface area contributed by atoms with Crippen molar-refractivity contribution in [3.05, 3.63) is 65.7 Å². The van der Waals surface area contributed by atoms with Crippen molar-refractivity contribution in [3.63, 3.8) is 0 Å². The Morgan fingerprint density at radius 2 is 1.83 bits per heavy atom. The fourth-order valence-corrected chi connectivity index (χ4v) is 3.20. The Balaban J connectivity index is 1.73. The van der Waals surface area contributed by atoms with Crippen LogP contribution in [0.3, 0.4) is 0 Å². The summed E-state index contributed by atoms with van der Waals surface area (Å²) in [6, 6.07) is 18.7. The number of rotatable bonds is 3. The summed E-state index contributed by atoms with van der Waals surface area (Å²) < 4.78 is 7.13. The van der Waals surface area contributed by atoms with Crippen molar-refractivity contribution in [1.29, 1.82) is 0 Å². The maximum absolute atomic E-state index is 5.83. The van der Waals surface area contributed by atoms with Gasteiger partial charge in [0, 0.05) is 0 Å². The smallest absolute Gasteiger partial charge is 0.241 e. The van der Waals surface area contributed by atoms with Crippen LogP contribution >= 0.6 is 0 Å². The number of nitrogen functional groups attached to an aromatic ring is 1. The molecule has 0 spiro atoms. The molecule has 122 valence electrons. The van der Waals surface area contributed by atoms with Crippen LogP contribution < -0.4 is 15.8 Å². The average Bonchev–Trinajstić information content (AvgIpc) is 3.02. The van der Waals surface area contributed by atoms with E-state index in [1.807, 2.05) is 35.0 Å². The summed E-state index contributed by atoms with van der Waals surface area (Å²) >= 11 is 0. The molecule has 6 heteroatoms. The molecule has 0 aliphatic carbocycles. The van der Waals surface area contributed by atoms with Crippen molar-refractivity contribution in [2.24, 2.45) is 0 Å². The first kappa shape index (κ1) is 14.6.